The lowest BCUT2D eigenvalue weighted by molar-refractivity contribution is -0.302. The Morgan fingerprint density at radius 3 is 1.58 bits per heavy atom. The largest absolute Gasteiger partial charge is 0.394 e. The first-order chi connectivity index (χ1) is 27.7. The van der Waals surface area contributed by atoms with Crippen LogP contribution < -0.4 is 5.32 Å². The molecule has 1 aliphatic heterocycles. The second-order valence-electron chi connectivity index (χ2n) is 17.4. The summed E-state index contributed by atoms with van der Waals surface area (Å²) in [6.45, 7) is 6.08. The van der Waals surface area contributed by atoms with Gasteiger partial charge in [-0.05, 0) is 44.4 Å². The number of allylic oxidation sites excluding steroid dienone is 3. The number of rotatable bonds is 39. The summed E-state index contributed by atoms with van der Waals surface area (Å²) in [5.74, 6) is 0.582. The predicted octanol–water partition coefficient (Wildman–Crippen LogP) is 10.1. The Bertz CT molecular complexity index is 959. The maximum atomic E-state index is 12.9. The fraction of sp³-hybridized carbons (Fsp3) is 0.896. The fourth-order valence-corrected chi connectivity index (χ4v) is 7.58. The van der Waals surface area contributed by atoms with E-state index in [9.17, 15) is 30.3 Å². The summed E-state index contributed by atoms with van der Waals surface area (Å²) in [6, 6.07) is -0.817. The molecule has 0 bridgehead atoms. The van der Waals surface area contributed by atoms with Crippen molar-refractivity contribution < 1.29 is 39.8 Å². The molecule has 1 aliphatic rings. The van der Waals surface area contributed by atoms with Crippen molar-refractivity contribution in [3.05, 3.63) is 24.3 Å². The highest BCUT2D eigenvalue weighted by Gasteiger charge is 2.44. The zero-order valence-electron chi connectivity index (χ0n) is 37.0. The van der Waals surface area contributed by atoms with Crippen molar-refractivity contribution in [3.63, 3.8) is 0 Å². The summed E-state index contributed by atoms with van der Waals surface area (Å²) < 4.78 is 11.2. The summed E-state index contributed by atoms with van der Waals surface area (Å²) >= 11 is 0. The van der Waals surface area contributed by atoms with E-state index in [-0.39, 0.29) is 12.5 Å². The first-order valence-corrected chi connectivity index (χ1v) is 23.9. The molecular formula is C48H91NO8. The number of nitrogens with one attached hydrogen (secondary N) is 1. The lowest BCUT2D eigenvalue weighted by Crippen LogP contribution is -2.60. The monoisotopic (exact) mass is 810 g/mol. The van der Waals surface area contributed by atoms with Crippen LogP contribution in [0.5, 0.6) is 0 Å². The minimum atomic E-state index is -1.57. The highest BCUT2D eigenvalue weighted by Crippen LogP contribution is 2.23. The lowest BCUT2D eigenvalue weighted by Gasteiger charge is -2.40. The SMILES string of the molecule is CCCCCCCCCCCCCCCCCCC=CCCCC(=O)NC(COC1OC(CO)C(O)C(O)C1O)C(O)C=CCCCCCCCCCCC(C)C. The minimum absolute atomic E-state index is 0.198. The molecule has 1 rings (SSSR count). The normalized spacial score (nSPS) is 21.2. The van der Waals surface area contributed by atoms with E-state index >= 15 is 0 Å². The van der Waals surface area contributed by atoms with E-state index in [1.807, 2.05) is 6.08 Å². The first kappa shape index (κ1) is 53.7. The Hall–Kier alpha value is -1.33. The van der Waals surface area contributed by atoms with Gasteiger partial charge in [0.15, 0.2) is 6.29 Å². The lowest BCUT2D eigenvalue weighted by atomic mass is 9.99. The second kappa shape index (κ2) is 37.7. The molecule has 7 unspecified atom stereocenters. The van der Waals surface area contributed by atoms with Crippen LogP contribution in [0.3, 0.4) is 0 Å². The predicted molar refractivity (Wildman–Crippen MR) is 235 cm³/mol. The summed E-state index contributed by atoms with van der Waals surface area (Å²) in [5, 5.41) is 54.1. The Kier molecular flexibility index (Phi) is 35.5. The standard InChI is InChI=1S/C48H91NO8/c1-4-5-6-7-8-9-10-11-12-13-14-15-16-17-18-19-20-25-28-31-34-37-44(52)49-41(39-56-48-47(55)46(54)45(53)43(38-50)57-48)42(51)36-33-30-27-24-22-21-23-26-29-32-35-40(2)3/h25,28,33,36,40-43,45-48,50-51,53-55H,4-24,26-27,29-32,34-35,37-39H2,1-3H3,(H,49,52). The van der Waals surface area contributed by atoms with Crippen LogP contribution in [-0.4, -0.2) is 87.5 Å². The van der Waals surface area contributed by atoms with Gasteiger partial charge in [-0.1, -0.05) is 193 Å². The van der Waals surface area contributed by atoms with Crippen LogP contribution in [0.25, 0.3) is 0 Å². The highest BCUT2D eigenvalue weighted by molar-refractivity contribution is 5.76. The molecular weight excluding hydrogens is 719 g/mol. The molecule has 1 heterocycles. The highest BCUT2D eigenvalue weighted by atomic mass is 16.7. The number of aliphatic hydroxyl groups excluding tert-OH is 5. The second-order valence-corrected chi connectivity index (χ2v) is 17.4. The van der Waals surface area contributed by atoms with Crippen molar-refractivity contribution in [1.82, 2.24) is 5.32 Å². The van der Waals surface area contributed by atoms with E-state index < -0.39 is 49.5 Å². The third kappa shape index (κ3) is 29.5. The quantitative estimate of drug-likeness (QED) is 0.0266. The molecule has 0 aliphatic carbocycles. The van der Waals surface area contributed by atoms with Crippen LogP contribution in [0.15, 0.2) is 24.3 Å². The van der Waals surface area contributed by atoms with Gasteiger partial charge in [-0.2, -0.15) is 0 Å². The molecule has 1 amide bonds. The summed E-state index contributed by atoms with van der Waals surface area (Å²) in [5.41, 5.74) is 0. The molecule has 0 saturated carbocycles. The first-order valence-electron chi connectivity index (χ1n) is 23.9. The van der Waals surface area contributed by atoms with Gasteiger partial charge in [-0.15, -0.1) is 0 Å². The molecule has 0 radical (unpaired) electrons. The third-order valence-corrected chi connectivity index (χ3v) is 11.4. The number of ether oxygens (including phenoxy) is 2. The van der Waals surface area contributed by atoms with Gasteiger partial charge in [0.2, 0.25) is 5.91 Å². The van der Waals surface area contributed by atoms with Crippen molar-refractivity contribution >= 4 is 5.91 Å². The Labute approximate surface area is 349 Å². The van der Waals surface area contributed by atoms with Crippen molar-refractivity contribution in [1.29, 1.82) is 0 Å². The zero-order chi connectivity index (χ0) is 41.8. The van der Waals surface area contributed by atoms with Crippen LogP contribution >= 0.6 is 0 Å². The van der Waals surface area contributed by atoms with Gasteiger partial charge >= 0.3 is 0 Å². The van der Waals surface area contributed by atoms with Gasteiger partial charge in [0.25, 0.3) is 0 Å². The van der Waals surface area contributed by atoms with Gasteiger partial charge in [0.05, 0.1) is 25.4 Å². The zero-order valence-corrected chi connectivity index (χ0v) is 37.0. The third-order valence-electron chi connectivity index (χ3n) is 11.4. The van der Waals surface area contributed by atoms with E-state index in [1.165, 1.54) is 148 Å². The molecule has 0 aromatic rings. The van der Waals surface area contributed by atoms with E-state index in [0.29, 0.717) is 12.8 Å². The molecule has 9 nitrogen and oxygen atoms in total. The molecule has 7 atom stereocenters. The molecule has 57 heavy (non-hydrogen) atoms. The van der Waals surface area contributed by atoms with E-state index in [4.69, 9.17) is 9.47 Å². The maximum Gasteiger partial charge on any atom is 0.220 e. The van der Waals surface area contributed by atoms with Crippen molar-refractivity contribution in [2.45, 2.75) is 256 Å². The van der Waals surface area contributed by atoms with E-state index in [1.54, 1.807) is 6.08 Å². The van der Waals surface area contributed by atoms with E-state index in [0.717, 1.165) is 38.0 Å². The molecule has 1 saturated heterocycles. The van der Waals surface area contributed by atoms with Gasteiger partial charge in [0, 0.05) is 6.42 Å². The molecule has 0 aromatic heterocycles. The van der Waals surface area contributed by atoms with Gasteiger partial charge < -0.3 is 40.3 Å². The Balaban J connectivity index is 2.32. The van der Waals surface area contributed by atoms with Crippen LogP contribution in [0.4, 0.5) is 0 Å². The molecule has 1 fully saturated rings. The minimum Gasteiger partial charge on any atom is -0.394 e. The van der Waals surface area contributed by atoms with Crippen LogP contribution in [0.1, 0.15) is 213 Å². The molecule has 0 spiro atoms. The molecule has 0 aromatic carbocycles. The number of carbonyl (C=O) groups is 1. The van der Waals surface area contributed by atoms with Gasteiger partial charge in [-0.3, -0.25) is 4.79 Å². The average Bonchev–Trinajstić information content (AvgIpc) is 3.19. The van der Waals surface area contributed by atoms with E-state index in [2.05, 4.69) is 38.2 Å². The number of carbonyl (C=O) groups excluding carboxylic acids is 1. The number of aliphatic hydroxyl groups is 5. The molecule has 336 valence electrons. The Morgan fingerprint density at radius 2 is 1.09 bits per heavy atom. The van der Waals surface area contributed by atoms with Crippen molar-refractivity contribution in [3.8, 4) is 0 Å². The number of hydrogen-bond acceptors (Lipinski definition) is 8. The maximum absolute atomic E-state index is 12.9. The summed E-state index contributed by atoms with van der Waals surface area (Å²) in [7, 11) is 0. The number of hydrogen-bond donors (Lipinski definition) is 6. The van der Waals surface area contributed by atoms with Crippen molar-refractivity contribution in [2.75, 3.05) is 13.2 Å². The Morgan fingerprint density at radius 1 is 0.632 bits per heavy atom. The summed E-state index contributed by atoms with van der Waals surface area (Å²) in [4.78, 5) is 12.9. The summed E-state index contributed by atoms with van der Waals surface area (Å²) in [6.07, 6.45) is 36.7. The fourth-order valence-electron chi connectivity index (χ4n) is 7.58. The van der Waals surface area contributed by atoms with Crippen LogP contribution in [0, 0.1) is 5.92 Å². The van der Waals surface area contributed by atoms with Crippen LogP contribution in [-0.2, 0) is 14.3 Å². The number of amides is 1. The van der Waals surface area contributed by atoms with Gasteiger partial charge in [-0.25, -0.2) is 0 Å². The molecule has 6 N–H and O–H groups in total. The van der Waals surface area contributed by atoms with Crippen molar-refractivity contribution in [2.24, 2.45) is 5.92 Å². The topological polar surface area (TPSA) is 149 Å². The average molecular weight is 810 g/mol. The molecule has 9 heteroatoms. The smallest absolute Gasteiger partial charge is 0.220 e. The van der Waals surface area contributed by atoms with Gasteiger partial charge in [0.1, 0.15) is 24.4 Å². The number of unbranched alkanes of at least 4 members (excludes halogenated alkanes) is 25. The van der Waals surface area contributed by atoms with Crippen LogP contribution in [0.2, 0.25) is 0 Å².